The van der Waals surface area contributed by atoms with Crippen LogP contribution >= 0.6 is 0 Å². The van der Waals surface area contributed by atoms with Gasteiger partial charge in [-0.2, -0.15) is 0 Å². The minimum absolute atomic E-state index is 0.0397. The van der Waals surface area contributed by atoms with Crippen molar-refractivity contribution < 1.29 is 0 Å². The second-order valence-electron chi connectivity index (χ2n) is 8.20. The summed E-state index contributed by atoms with van der Waals surface area (Å²) in [4.78, 5) is 4.36. The molecule has 1 aliphatic heterocycles. The zero-order valence-corrected chi connectivity index (χ0v) is 17.5. The zero-order chi connectivity index (χ0) is 19.8. The van der Waals surface area contributed by atoms with Gasteiger partial charge in [0, 0.05) is 44.9 Å². The molecule has 6 heteroatoms. The Morgan fingerprint density at radius 1 is 1.11 bits per heavy atom. The standard InChI is InChI=1S/C22H34N6/c1-22(2,18-11-6-4-7-12-18)17-25-21(23-3)24-15-10-14-20-27-26-19-13-8-5-9-16-28(19)20/h4,6-7,11-12H,5,8-10,13-17H2,1-3H3,(H2,23,24,25). The topological polar surface area (TPSA) is 67.1 Å². The van der Waals surface area contributed by atoms with Gasteiger partial charge in [0.15, 0.2) is 5.96 Å². The van der Waals surface area contributed by atoms with E-state index < -0.39 is 0 Å². The minimum Gasteiger partial charge on any atom is -0.356 e. The predicted molar refractivity (Wildman–Crippen MR) is 115 cm³/mol. The molecular weight excluding hydrogens is 348 g/mol. The maximum absolute atomic E-state index is 4.42. The first-order valence-electron chi connectivity index (χ1n) is 10.5. The largest absolute Gasteiger partial charge is 0.356 e. The van der Waals surface area contributed by atoms with Gasteiger partial charge in [0.2, 0.25) is 0 Å². The maximum Gasteiger partial charge on any atom is 0.191 e. The quantitative estimate of drug-likeness (QED) is 0.439. The second kappa shape index (κ2) is 9.71. The van der Waals surface area contributed by atoms with Crippen LogP contribution in [0.3, 0.4) is 0 Å². The molecule has 2 heterocycles. The smallest absolute Gasteiger partial charge is 0.191 e. The number of rotatable bonds is 7. The van der Waals surface area contributed by atoms with Gasteiger partial charge in [-0.15, -0.1) is 10.2 Å². The first-order valence-corrected chi connectivity index (χ1v) is 10.5. The van der Waals surface area contributed by atoms with E-state index in [2.05, 4.69) is 74.6 Å². The van der Waals surface area contributed by atoms with Crippen molar-refractivity contribution >= 4 is 5.96 Å². The molecule has 0 atom stereocenters. The Hall–Kier alpha value is -2.37. The van der Waals surface area contributed by atoms with Crippen molar-refractivity contribution in [2.75, 3.05) is 20.1 Å². The van der Waals surface area contributed by atoms with Gasteiger partial charge < -0.3 is 15.2 Å². The van der Waals surface area contributed by atoms with E-state index in [1.54, 1.807) is 0 Å². The van der Waals surface area contributed by atoms with E-state index in [1.807, 2.05) is 7.05 Å². The summed E-state index contributed by atoms with van der Waals surface area (Å²) >= 11 is 0. The van der Waals surface area contributed by atoms with Crippen molar-refractivity contribution in [3.63, 3.8) is 0 Å². The molecular formula is C22H34N6. The molecule has 0 amide bonds. The van der Waals surface area contributed by atoms with Crippen LogP contribution in [0.4, 0.5) is 0 Å². The molecule has 0 saturated heterocycles. The number of hydrogen-bond acceptors (Lipinski definition) is 3. The monoisotopic (exact) mass is 382 g/mol. The average Bonchev–Trinajstić information content (AvgIpc) is 2.94. The molecule has 0 spiro atoms. The van der Waals surface area contributed by atoms with Crippen molar-refractivity contribution in [2.24, 2.45) is 4.99 Å². The van der Waals surface area contributed by atoms with Crippen LogP contribution in [0.15, 0.2) is 35.3 Å². The summed E-state index contributed by atoms with van der Waals surface area (Å²) in [6, 6.07) is 10.6. The average molecular weight is 383 g/mol. The number of nitrogens with one attached hydrogen (secondary N) is 2. The van der Waals surface area contributed by atoms with Gasteiger partial charge in [0.25, 0.3) is 0 Å². The Balaban J connectivity index is 1.43. The second-order valence-corrected chi connectivity index (χ2v) is 8.20. The van der Waals surface area contributed by atoms with Crippen LogP contribution in [0.5, 0.6) is 0 Å². The Bertz CT molecular complexity index is 763. The third-order valence-corrected chi connectivity index (χ3v) is 5.53. The molecule has 3 rings (SSSR count). The first-order chi connectivity index (χ1) is 13.6. The molecule has 6 nitrogen and oxygen atoms in total. The van der Waals surface area contributed by atoms with Gasteiger partial charge in [-0.05, 0) is 24.8 Å². The van der Waals surface area contributed by atoms with Gasteiger partial charge in [0.05, 0.1) is 0 Å². The van der Waals surface area contributed by atoms with Crippen molar-refractivity contribution in [3.8, 4) is 0 Å². The minimum atomic E-state index is 0.0397. The first kappa shape index (κ1) is 20.4. The van der Waals surface area contributed by atoms with Crippen molar-refractivity contribution in [1.29, 1.82) is 0 Å². The highest BCUT2D eigenvalue weighted by Gasteiger charge is 2.20. The summed E-state index contributed by atoms with van der Waals surface area (Å²) in [5, 5.41) is 15.7. The van der Waals surface area contributed by atoms with E-state index in [0.29, 0.717) is 0 Å². The van der Waals surface area contributed by atoms with Crippen LogP contribution in [-0.4, -0.2) is 40.9 Å². The van der Waals surface area contributed by atoms with Crippen LogP contribution in [0.1, 0.15) is 56.7 Å². The molecule has 2 N–H and O–H groups in total. The normalized spacial score (nSPS) is 15.0. The van der Waals surface area contributed by atoms with E-state index in [1.165, 1.54) is 30.7 Å². The van der Waals surface area contributed by atoms with E-state index in [-0.39, 0.29) is 5.41 Å². The number of nitrogens with zero attached hydrogens (tertiary/aromatic N) is 4. The van der Waals surface area contributed by atoms with Crippen LogP contribution in [0, 0.1) is 0 Å². The van der Waals surface area contributed by atoms with Gasteiger partial charge >= 0.3 is 0 Å². The Morgan fingerprint density at radius 2 is 1.93 bits per heavy atom. The van der Waals surface area contributed by atoms with E-state index in [0.717, 1.165) is 50.7 Å². The lowest BCUT2D eigenvalue weighted by Gasteiger charge is -2.26. The lowest BCUT2D eigenvalue weighted by molar-refractivity contribution is 0.508. The summed E-state index contributed by atoms with van der Waals surface area (Å²) in [6.07, 6.45) is 6.81. The predicted octanol–water partition coefficient (Wildman–Crippen LogP) is 3.08. The fraction of sp³-hybridized carbons (Fsp3) is 0.591. The summed E-state index contributed by atoms with van der Waals surface area (Å²) < 4.78 is 2.34. The lowest BCUT2D eigenvalue weighted by atomic mass is 9.85. The molecule has 1 aliphatic rings. The maximum atomic E-state index is 4.42. The molecule has 152 valence electrons. The number of aryl methyl sites for hydroxylation is 2. The van der Waals surface area contributed by atoms with E-state index in [9.17, 15) is 0 Å². The van der Waals surface area contributed by atoms with E-state index in [4.69, 9.17) is 0 Å². The highest BCUT2D eigenvalue weighted by Crippen LogP contribution is 2.21. The summed E-state index contributed by atoms with van der Waals surface area (Å²) in [5.41, 5.74) is 1.36. The molecule has 0 radical (unpaired) electrons. The Kier molecular flexibility index (Phi) is 7.06. The molecule has 0 saturated carbocycles. The van der Waals surface area contributed by atoms with Crippen LogP contribution in [-0.2, 0) is 24.8 Å². The third kappa shape index (κ3) is 5.33. The highest BCUT2D eigenvalue weighted by molar-refractivity contribution is 5.79. The van der Waals surface area contributed by atoms with Gasteiger partial charge in [0.1, 0.15) is 11.6 Å². The third-order valence-electron chi connectivity index (χ3n) is 5.53. The van der Waals surface area contributed by atoms with Gasteiger partial charge in [-0.1, -0.05) is 50.6 Å². The van der Waals surface area contributed by atoms with Crippen molar-refractivity contribution in [2.45, 2.75) is 64.3 Å². The van der Waals surface area contributed by atoms with Crippen LogP contribution in [0.2, 0.25) is 0 Å². The summed E-state index contributed by atoms with van der Waals surface area (Å²) in [6.45, 7) is 7.27. The summed E-state index contributed by atoms with van der Waals surface area (Å²) in [5.74, 6) is 3.15. The van der Waals surface area contributed by atoms with Gasteiger partial charge in [-0.3, -0.25) is 4.99 Å². The zero-order valence-electron chi connectivity index (χ0n) is 17.5. The highest BCUT2D eigenvalue weighted by atomic mass is 15.3. The summed E-state index contributed by atoms with van der Waals surface area (Å²) in [7, 11) is 1.82. The SMILES string of the molecule is CN=C(NCCCc1nnc2n1CCCCC2)NCC(C)(C)c1ccccc1. The molecule has 0 aliphatic carbocycles. The number of aliphatic imine (C=N–C) groups is 1. The Morgan fingerprint density at radius 3 is 2.71 bits per heavy atom. The number of benzene rings is 1. The number of fused-ring (bicyclic) bond motifs is 1. The van der Waals surface area contributed by atoms with Crippen LogP contribution < -0.4 is 10.6 Å². The number of aromatic nitrogens is 3. The molecule has 2 aromatic rings. The van der Waals surface area contributed by atoms with Crippen molar-refractivity contribution in [3.05, 3.63) is 47.5 Å². The van der Waals surface area contributed by atoms with Crippen LogP contribution in [0.25, 0.3) is 0 Å². The van der Waals surface area contributed by atoms with Gasteiger partial charge in [-0.25, -0.2) is 0 Å². The van der Waals surface area contributed by atoms with E-state index >= 15 is 0 Å². The van der Waals surface area contributed by atoms with Crippen molar-refractivity contribution in [1.82, 2.24) is 25.4 Å². The molecule has 0 fully saturated rings. The Labute approximate surface area is 168 Å². The lowest BCUT2D eigenvalue weighted by Crippen LogP contribution is -2.43. The molecule has 28 heavy (non-hydrogen) atoms. The molecule has 0 unspecified atom stereocenters. The molecule has 1 aromatic heterocycles. The molecule has 0 bridgehead atoms. The molecule has 1 aromatic carbocycles. The number of hydrogen-bond donors (Lipinski definition) is 2. The fourth-order valence-corrected chi connectivity index (χ4v) is 3.70. The fourth-order valence-electron chi connectivity index (χ4n) is 3.70. The number of guanidine groups is 1.